The first-order valence-corrected chi connectivity index (χ1v) is 10.3. The molecule has 1 heterocycles. The van der Waals surface area contributed by atoms with E-state index in [1.165, 1.54) is 0 Å². The van der Waals surface area contributed by atoms with Gasteiger partial charge in [-0.3, -0.25) is 0 Å². The minimum Gasteiger partial charge on any atom is -0.435 e. The molecule has 140 valence electrons. The van der Waals surface area contributed by atoms with Crippen molar-refractivity contribution in [2.45, 2.75) is 11.6 Å². The normalized spacial score (nSPS) is 11.4. The molecule has 0 atom stereocenters. The number of nitrogens with one attached hydrogen (secondary N) is 1. The maximum atomic E-state index is 13.0. The van der Waals surface area contributed by atoms with Crippen molar-refractivity contribution in [3.63, 3.8) is 0 Å². The van der Waals surface area contributed by atoms with Crippen LogP contribution in [0.5, 0.6) is 0 Å². The summed E-state index contributed by atoms with van der Waals surface area (Å²) < 4.78 is 34.5. The van der Waals surface area contributed by atoms with E-state index in [0.717, 1.165) is 5.56 Å². The highest BCUT2D eigenvalue weighted by Crippen LogP contribution is 2.32. The van der Waals surface area contributed by atoms with E-state index in [2.05, 4.69) is 9.71 Å². The summed E-state index contributed by atoms with van der Waals surface area (Å²) in [5.41, 5.74) is 2.22. The summed E-state index contributed by atoms with van der Waals surface area (Å²) in [6.45, 7) is 0.172. The lowest BCUT2D eigenvalue weighted by molar-refractivity contribution is 0.571. The van der Waals surface area contributed by atoms with Crippen LogP contribution in [0, 0.1) is 0 Å². The van der Waals surface area contributed by atoms with Crippen LogP contribution >= 0.6 is 0 Å². The smallest absolute Gasteiger partial charge is 0.262 e. The van der Waals surface area contributed by atoms with Gasteiger partial charge in [0, 0.05) is 17.7 Å². The number of hydrogen-bond donors (Lipinski definition) is 1. The van der Waals surface area contributed by atoms with Crippen LogP contribution in [0.4, 0.5) is 0 Å². The van der Waals surface area contributed by atoms with Gasteiger partial charge in [-0.1, -0.05) is 78.9 Å². The largest absolute Gasteiger partial charge is 0.435 e. The van der Waals surface area contributed by atoms with Gasteiger partial charge >= 0.3 is 0 Å². The maximum absolute atomic E-state index is 13.0. The summed E-state index contributed by atoms with van der Waals surface area (Å²) in [6, 6.07) is 27.7. The Morgan fingerprint density at radius 3 is 1.89 bits per heavy atom. The zero-order valence-corrected chi connectivity index (χ0v) is 15.8. The Balaban J connectivity index is 1.75. The van der Waals surface area contributed by atoms with Crippen LogP contribution in [-0.4, -0.2) is 13.4 Å². The monoisotopic (exact) mass is 390 g/mol. The zero-order chi connectivity index (χ0) is 19.4. The van der Waals surface area contributed by atoms with Gasteiger partial charge in [0.05, 0.1) is 0 Å². The lowest BCUT2D eigenvalue weighted by Crippen LogP contribution is -2.24. The van der Waals surface area contributed by atoms with E-state index in [9.17, 15) is 8.42 Å². The molecule has 0 bridgehead atoms. The van der Waals surface area contributed by atoms with Gasteiger partial charge in [0.1, 0.15) is 0 Å². The molecule has 3 aromatic carbocycles. The molecule has 0 saturated carbocycles. The van der Waals surface area contributed by atoms with Crippen LogP contribution in [0.15, 0.2) is 100 Å². The fourth-order valence-corrected chi connectivity index (χ4v) is 3.91. The second-order valence-corrected chi connectivity index (χ2v) is 7.88. The Morgan fingerprint density at radius 2 is 1.29 bits per heavy atom. The molecular weight excluding hydrogens is 372 g/mol. The third-order valence-electron chi connectivity index (χ3n) is 4.22. The molecule has 28 heavy (non-hydrogen) atoms. The number of nitrogens with zero attached hydrogens (tertiary/aromatic N) is 1. The fraction of sp³-hybridized carbons (Fsp3) is 0.0455. The highest BCUT2D eigenvalue weighted by Gasteiger charge is 2.27. The fourth-order valence-electron chi connectivity index (χ4n) is 2.81. The number of sulfonamides is 1. The van der Waals surface area contributed by atoms with Gasteiger partial charge in [-0.05, 0) is 17.7 Å². The topological polar surface area (TPSA) is 72.2 Å². The standard InChI is InChI=1S/C22H18N2O3S/c25-28(26,23-16-17-10-4-1-5-11-17)22-20(18-12-6-2-7-13-18)27-21(24-22)19-14-8-3-9-15-19/h1-15,23H,16H2. The van der Waals surface area contributed by atoms with Crippen LogP contribution in [0.2, 0.25) is 0 Å². The van der Waals surface area contributed by atoms with Crippen LogP contribution in [-0.2, 0) is 16.6 Å². The number of benzene rings is 3. The van der Waals surface area contributed by atoms with Gasteiger partial charge in [-0.15, -0.1) is 0 Å². The van der Waals surface area contributed by atoms with Crippen molar-refractivity contribution in [3.8, 4) is 22.8 Å². The van der Waals surface area contributed by atoms with Gasteiger partial charge < -0.3 is 4.42 Å². The van der Waals surface area contributed by atoms with Crippen LogP contribution in [0.3, 0.4) is 0 Å². The maximum Gasteiger partial charge on any atom is 0.262 e. The van der Waals surface area contributed by atoms with E-state index in [1.54, 1.807) is 12.1 Å². The molecule has 4 aromatic rings. The molecule has 6 heteroatoms. The summed E-state index contributed by atoms with van der Waals surface area (Å²) in [7, 11) is -3.88. The first-order valence-electron chi connectivity index (χ1n) is 8.79. The number of rotatable bonds is 6. The van der Waals surface area contributed by atoms with E-state index in [0.29, 0.717) is 11.1 Å². The molecule has 4 rings (SSSR count). The average Bonchev–Trinajstić information content (AvgIpc) is 3.21. The van der Waals surface area contributed by atoms with Gasteiger partial charge in [-0.25, -0.2) is 13.1 Å². The minimum atomic E-state index is -3.88. The molecule has 0 spiro atoms. The predicted molar refractivity (Wildman–Crippen MR) is 108 cm³/mol. The molecule has 0 unspecified atom stereocenters. The molecule has 5 nitrogen and oxygen atoms in total. The Kier molecular flexibility index (Phi) is 5.06. The Bertz CT molecular complexity index is 1160. The van der Waals surface area contributed by atoms with Gasteiger partial charge in [0.2, 0.25) is 10.9 Å². The SMILES string of the molecule is O=S(=O)(NCc1ccccc1)c1nc(-c2ccccc2)oc1-c1ccccc1. The van der Waals surface area contributed by atoms with Crippen molar-refractivity contribution >= 4 is 10.0 Å². The zero-order valence-electron chi connectivity index (χ0n) is 14.9. The van der Waals surface area contributed by atoms with Crippen molar-refractivity contribution < 1.29 is 12.8 Å². The predicted octanol–water partition coefficient (Wildman–Crippen LogP) is 4.49. The quantitative estimate of drug-likeness (QED) is 0.527. The van der Waals surface area contributed by atoms with Gasteiger partial charge in [0.25, 0.3) is 10.0 Å². The van der Waals surface area contributed by atoms with E-state index in [1.807, 2.05) is 78.9 Å². The highest BCUT2D eigenvalue weighted by atomic mass is 32.2. The second-order valence-electron chi connectivity index (χ2n) is 6.20. The third kappa shape index (κ3) is 3.88. The average molecular weight is 390 g/mol. The Hall–Kier alpha value is -3.22. The summed E-state index contributed by atoms with van der Waals surface area (Å²) in [4.78, 5) is 4.32. The summed E-state index contributed by atoms with van der Waals surface area (Å²) >= 11 is 0. The molecule has 1 N–H and O–H groups in total. The molecule has 0 saturated heterocycles. The third-order valence-corrected chi connectivity index (χ3v) is 5.53. The van der Waals surface area contributed by atoms with Crippen molar-refractivity contribution in [3.05, 3.63) is 96.6 Å². The highest BCUT2D eigenvalue weighted by molar-refractivity contribution is 7.89. The number of hydrogen-bond acceptors (Lipinski definition) is 4. The Labute approximate surface area is 163 Å². The minimum absolute atomic E-state index is 0.117. The van der Waals surface area contributed by atoms with E-state index in [4.69, 9.17) is 4.42 Å². The molecule has 0 aliphatic carbocycles. The lowest BCUT2D eigenvalue weighted by atomic mass is 10.2. The van der Waals surface area contributed by atoms with Crippen molar-refractivity contribution in [2.75, 3.05) is 0 Å². The van der Waals surface area contributed by atoms with Crippen molar-refractivity contribution in [2.24, 2.45) is 0 Å². The summed E-state index contributed by atoms with van der Waals surface area (Å²) in [5, 5.41) is -0.117. The van der Waals surface area contributed by atoms with Gasteiger partial charge in [0.15, 0.2) is 5.76 Å². The number of aromatic nitrogens is 1. The second kappa shape index (κ2) is 7.80. The van der Waals surface area contributed by atoms with Gasteiger partial charge in [-0.2, -0.15) is 4.98 Å². The number of oxazole rings is 1. The molecule has 1 aromatic heterocycles. The molecule has 0 amide bonds. The molecular formula is C22H18N2O3S. The van der Waals surface area contributed by atoms with Crippen molar-refractivity contribution in [1.29, 1.82) is 0 Å². The first kappa shape index (κ1) is 18.2. The summed E-state index contributed by atoms with van der Waals surface area (Å²) in [6.07, 6.45) is 0. The van der Waals surface area contributed by atoms with E-state index >= 15 is 0 Å². The molecule has 0 aliphatic heterocycles. The summed E-state index contributed by atoms with van der Waals surface area (Å²) in [5.74, 6) is 0.486. The van der Waals surface area contributed by atoms with Crippen LogP contribution < -0.4 is 4.72 Å². The Morgan fingerprint density at radius 1 is 0.750 bits per heavy atom. The van der Waals surface area contributed by atoms with E-state index < -0.39 is 10.0 Å². The van der Waals surface area contributed by atoms with Crippen LogP contribution in [0.1, 0.15) is 5.56 Å². The molecule has 0 fully saturated rings. The molecule has 0 aliphatic rings. The van der Waals surface area contributed by atoms with Crippen LogP contribution in [0.25, 0.3) is 22.8 Å². The lowest BCUT2D eigenvalue weighted by Gasteiger charge is -2.06. The van der Waals surface area contributed by atoms with Crippen molar-refractivity contribution in [1.82, 2.24) is 9.71 Å². The van der Waals surface area contributed by atoms with E-state index in [-0.39, 0.29) is 23.2 Å². The molecule has 0 radical (unpaired) electrons. The first-order chi connectivity index (χ1) is 13.6.